The topological polar surface area (TPSA) is 75.3 Å². The van der Waals surface area contributed by atoms with Crippen LogP contribution in [0.4, 0.5) is 0 Å². The zero-order chi connectivity index (χ0) is 18.3. The quantitative estimate of drug-likeness (QED) is 0.716. The predicted octanol–water partition coefficient (Wildman–Crippen LogP) is 2.99. The number of benzene rings is 1. The first-order valence-corrected chi connectivity index (χ1v) is 10.0. The zero-order valence-electron chi connectivity index (χ0n) is 15.3. The number of carbonyl (C=O) groups excluding carboxylic acids is 1. The van der Waals surface area contributed by atoms with Crippen LogP contribution in [0, 0.1) is 12.8 Å². The van der Waals surface area contributed by atoms with E-state index in [1.807, 2.05) is 34.6 Å². The van der Waals surface area contributed by atoms with E-state index in [9.17, 15) is 13.2 Å². The highest BCUT2D eigenvalue weighted by atomic mass is 32.2. The van der Waals surface area contributed by atoms with Crippen molar-refractivity contribution in [3.63, 3.8) is 0 Å². The van der Waals surface area contributed by atoms with Crippen LogP contribution in [0.5, 0.6) is 0 Å². The van der Waals surface area contributed by atoms with Gasteiger partial charge in [-0.15, -0.1) is 0 Å². The van der Waals surface area contributed by atoms with Crippen LogP contribution in [0.2, 0.25) is 0 Å². The van der Waals surface area contributed by atoms with Gasteiger partial charge in [0.15, 0.2) is 0 Å². The molecule has 2 atom stereocenters. The van der Waals surface area contributed by atoms with Gasteiger partial charge in [0.05, 0.1) is 4.90 Å². The molecule has 1 rings (SSSR count). The monoisotopic (exact) mass is 354 g/mol. The van der Waals surface area contributed by atoms with E-state index in [1.54, 1.807) is 24.3 Å². The standard InChI is InChI=1S/C18H30N2O3S/c1-6-7-15(5)19-18(21)17(12-13(2)3)20-24(22,23)16-10-8-14(4)9-11-16/h8-11,13,15,17,20H,6-7,12H2,1-5H3,(H,19,21). The fraction of sp³-hybridized carbons (Fsp3) is 0.611. The van der Waals surface area contributed by atoms with Gasteiger partial charge < -0.3 is 5.32 Å². The van der Waals surface area contributed by atoms with Crippen molar-refractivity contribution in [3.05, 3.63) is 29.8 Å². The highest BCUT2D eigenvalue weighted by Crippen LogP contribution is 2.13. The summed E-state index contributed by atoms with van der Waals surface area (Å²) >= 11 is 0. The third-order valence-corrected chi connectivity index (χ3v) is 5.25. The molecule has 0 fully saturated rings. The van der Waals surface area contributed by atoms with Crippen molar-refractivity contribution in [3.8, 4) is 0 Å². The summed E-state index contributed by atoms with van der Waals surface area (Å²) in [6.45, 7) is 9.82. The van der Waals surface area contributed by atoms with Crippen molar-refractivity contribution in [2.75, 3.05) is 0 Å². The maximum Gasteiger partial charge on any atom is 0.241 e. The summed E-state index contributed by atoms with van der Waals surface area (Å²) < 4.78 is 27.7. The summed E-state index contributed by atoms with van der Waals surface area (Å²) in [6, 6.07) is 5.87. The highest BCUT2D eigenvalue weighted by molar-refractivity contribution is 7.89. The number of aryl methyl sites for hydroxylation is 1. The average Bonchev–Trinajstić information content (AvgIpc) is 2.46. The molecular formula is C18H30N2O3S. The van der Waals surface area contributed by atoms with Crippen molar-refractivity contribution in [1.82, 2.24) is 10.0 Å². The van der Waals surface area contributed by atoms with Crippen LogP contribution >= 0.6 is 0 Å². The molecule has 0 radical (unpaired) electrons. The Hall–Kier alpha value is -1.40. The number of nitrogens with one attached hydrogen (secondary N) is 2. The van der Waals surface area contributed by atoms with Gasteiger partial charge in [0, 0.05) is 6.04 Å². The Morgan fingerprint density at radius 2 is 1.71 bits per heavy atom. The molecule has 0 spiro atoms. The molecule has 0 aliphatic heterocycles. The van der Waals surface area contributed by atoms with Crippen molar-refractivity contribution in [2.45, 2.75) is 70.9 Å². The van der Waals surface area contributed by atoms with Gasteiger partial charge in [-0.2, -0.15) is 4.72 Å². The fourth-order valence-corrected chi connectivity index (χ4v) is 3.71. The fourth-order valence-electron chi connectivity index (χ4n) is 2.50. The van der Waals surface area contributed by atoms with Crippen LogP contribution in [-0.2, 0) is 14.8 Å². The Morgan fingerprint density at radius 3 is 2.21 bits per heavy atom. The van der Waals surface area contributed by atoms with Gasteiger partial charge in [0.1, 0.15) is 6.04 Å². The molecule has 1 aromatic carbocycles. The first kappa shape index (κ1) is 20.6. The summed E-state index contributed by atoms with van der Waals surface area (Å²) in [5, 5.41) is 2.90. The molecule has 136 valence electrons. The zero-order valence-corrected chi connectivity index (χ0v) is 16.1. The van der Waals surface area contributed by atoms with Gasteiger partial charge in [-0.25, -0.2) is 8.42 Å². The summed E-state index contributed by atoms with van der Waals surface area (Å²) in [4.78, 5) is 12.7. The van der Waals surface area contributed by atoms with Crippen molar-refractivity contribution in [1.29, 1.82) is 0 Å². The predicted molar refractivity (Wildman–Crippen MR) is 97.3 cm³/mol. The van der Waals surface area contributed by atoms with E-state index in [0.29, 0.717) is 6.42 Å². The van der Waals surface area contributed by atoms with Crippen LogP contribution in [0.15, 0.2) is 29.2 Å². The lowest BCUT2D eigenvalue weighted by molar-refractivity contribution is -0.123. The molecule has 6 heteroatoms. The number of amides is 1. The molecule has 5 nitrogen and oxygen atoms in total. The third-order valence-electron chi connectivity index (χ3n) is 3.76. The third kappa shape index (κ3) is 6.61. The maximum absolute atomic E-state index is 12.6. The molecule has 0 bridgehead atoms. The van der Waals surface area contributed by atoms with Crippen molar-refractivity contribution < 1.29 is 13.2 Å². The minimum absolute atomic E-state index is 0.0287. The minimum Gasteiger partial charge on any atom is -0.352 e. The molecule has 0 aromatic heterocycles. The minimum atomic E-state index is -3.73. The van der Waals surface area contributed by atoms with Crippen LogP contribution in [0.1, 0.15) is 52.5 Å². The average molecular weight is 355 g/mol. The number of hydrogen-bond donors (Lipinski definition) is 2. The Kier molecular flexibility index (Phi) is 7.90. The lowest BCUT2D eigenvalue weighted by Gasteiger charge is -2.22. The van der Waals surface area contributed by atoms with Crippen LogP contribution < -0.4 is 10.0 Å². The molecule has 0 aliphatic rings. The lowest BCUT2D eigenvalue weighted by Crippen LogP contribution is -2.49. The number of hydrogen-bond acceptors (Lipinski definition) is 3. The number of sulfonamides is 1. The van der Waals surface area contributed by atoms with Crippen molar-refractivity contribution >= 4 is 15.9 Å². The Balaban J connectivity index is 2.91. The van der Waals surface area contributed by atoms with E-state index in [2.05, 4.69) is 10.0 Å². The molecule has 0 heterocycles. The van der Waals surface area contributed by atoms with Crippen molar-refractivity contribution in [2.24, 2.45) is 5.92 Å². The summed E-state index contributed by atoms with van der Waals surface area (Å²) in [5.74, 6) is -0.0664. The molecule has 1 aromatic rings. The first-order chi connectivity index (χ1) is 11.2. The summed E-state index contributed by atoms with van der Waals surface area (Å²) in [6.07, 6.45) is 2.28. The second kappa shape index (κ2) is 9.18. The lowest BCUT2D eigenvalue weighted by atomic mass is 10.0. The Bertz CT molecular complexity index is 624. The van der Waals surface area contributed by atoms with Gasteiger partial charge in [0.2, 0.25) is 15.9 Å². The van der Waals surface area contributed by atoms with Crippen LogP contribution in [-0.4, -0.2) is 26.4 Å². The van der Waals surface area contributed by atoms with E-state index < -0.39 is 16.1 Å². The van der Waals surface area contributed by atoms with E-state index in [-0.39, 0.29) is 22.8 Å². The molecule has 2 N–H and O–H groups in total. The van der Waals surface area contributed by atoms with E-state index in [4.69, 9.17) is 0 Å². The number of rotatable bonds is 9. The van der Waals surface area contributed by atoms with Gasteiger partial charge in [-0.05, 0) is 44.7 Å². The molecule has 24 heavy (non-hydrogen) atoms. The van der Waals surface area contributed by atoms with Gasteiger partial charge in [-0.3, -0.25) is 4.79 Å². The summed E-state index contributed by atoms with van der Waals surface area (Å²) in [5.41, 5.74) is 0.985. The van der Waals surface area contributed by atoms with E-state index >= 15 is 0 Å². The van der Waals surface area contributed by atoms with E-state index in [0.717, 1.165) is 18.4 Å². The second-order valence-electron chi connectivity index (χ2n) is 6.81. The van der Waals surface area contributed by atoms with Gasteiger partial charge in [-0.1, -0.05) is 44.9 Å². The normalized spacial score (nSPS) is 14.4. The Morgan fingerprint density at radius 1 is 1.12 bits per heavy atom. The SMILES string of the molecule is CCCC(C)NC(=O)C(CC(C)C)NS(=O)(=O)c1ccc(C)cc1. The van der Waals surface area contributed by atoms with E-state index in [1.165, 1.54) is 0 Å². The second-order valence-corrected chi connectivity index (χ2v) is 8.53. The highest BCUT2D eigenvalue weighted by Gasteiger charge is 2.27. The molecule has 0 aliphatic carbocycles. The van der Waals surface area contributed by atoms with Crippen LogP contribution in [0.25, 0.3) is 0 Å². The molecule has 0 saturated carbocycles. The van der Waals surface area contributed by atoms with Crippen LogP contribution in [0.3, 0.4) is 0 Å². The molecule has 0 saturated heterocycles. The smallest absolute Gasteiger partial charge is 0.241 e. The van der Waals surface area contributed by atoms with Gasteiger partial charge >= 0.3 is 0 Å². The van der Waals surface area contributed by atoms with Gasteiger partial charge in [0.25, 0.3) is 0 Å². The number of carbonyl (C=O) groups is 1. The largest absolute Gasteiger partial charge is 0.352 e. The molecule has 2 unspecified atom stereocenters. The first-order valence-electron chi connectivity index (χ1n) is 8.55. The maximum atomic E-state index is 12.6. The summed E-state index contributed by atoms with van der Waals surface area (Å²) in [7, 11) is -3.73. The molecule has 1 amide bonds. The molecular weight excluding hydrogens is 324 g/mol. The Labute approximate surface area is 146 Å².